The van der Waals surface area contributed by atoms with E-state index in [1.165, 1.54) is 0 Å². The minimum atomic E-state index is -1.05. The minimum absolute atomic E-state index is 0.341. The molecule has 2 rings (SSSR count). The summed E-state index contributed by atoms with van der Waals surface area (Å²) in [6.07, 6.45) is 1.82. The molecule has 2 aromatic rings. The summed E-state index contributed by atoms with van der Waals surface area (Å²) in [6, 6.07) is 7.25. The van der Waals surface area contributed by atoms with Crippen LogP contribution < -0.4 is 10.6 Å². The summed E-state index contributed by atoms with van der Waals surface area (Å²) in [5.74, 6) is 0. The molecule has 108 valence electrons. The van der Waals surface area contributed by atoms with E-state index in [9.17, 15) is 4.79 Å². The molecule has 6 heteroatoms. The lowest BCUT2D eigenvalue weighted by Gasteiger charge is -2.26. The van der Waals surface area contributed by atoms with Gasteiger partial charge in [-0.25, -0.2) is 4.79 Å². The van der Waals surface area contributed by atoms with E-state index in [0.29, 0.717) is 5.69 Å². The second kappa shape index (κ2) is 5.52. The van der Waals surface area contributed by atoms with Crippen molar-refractivity contribution in [1.82, 2.24) is 9.88 Å². The molecule has 2 amide bonds. The van der Waals surface area contributed by atoms with Gasteiger partial charge in [-0.05, 0) is 13.0 Å². The third-order valence-electron chi connectivity index (χ3n) is 3.26. The van der Waals surface area contributed by atoms with Crippen LogP contribution in [0.4, 0.5) is 10.5 Å². The smallest absolute Gasteiger partial charge is 0.319 e. The minimum Gasteiger partial charge on any atom is -0.394 e. The van der Waals surface area contributed by atoms with Crippen LogP contribution in [0.2, 0.25) is 0 Å². The molecule has 0 aliphatic carbocycles. The predicted molar refractivity (Wildman–Crippen MR) is 77.7 cm³/mol. The SMILES string of the molecule is Cn1cc(NC(=O)NC(C)(CO)CO)c2ccccc21. The van der Waals surface area contributed by atoms with Gasteiger partial charge in [0.25, 0.3) is 0 Å². The third-order valence-corrected chi connectivity index (χ3v) is 3.26. The van der Waals surface area contributed by atoms with E-state index in [1.54, 1.807) is 6.92 Å². The van der Waals surface area contributed by atoms with E-state index in [2.05, 4.69) is 10.6 Å². The fraction of sp³-hybridized carbons (Fsp3) is 0.357. The van der Waals surface area contributed by atoms with E-state index in [-0.39, 0.29) is 13.2 Å². The Balaban J connectivity index is 2.18. The van der Waals surface area contributed by atoms with Gasteiger partial charge in [-0.2, -0.15) is 0 Å². The number of carbonyl (C=O) groups is 1. The number of aliphatic hydroxyl groups excluding tert-OH is 2. The maximum Gasteiger partial charge on any atom is 0.319 e. The first-order valence-electron chi connectivity index (χ1n) is 6.34. The lowest BCUT2D eigenvalue weighted by Crippen LogP contribution is -2.53. The normalized spacial score (nSPS) is 11.6. The van der Waals surface area contributed by atoms with Crippen molar-refractivity contribution in [2.75, 3.05) is 18.5 Å². The average Bonchev–Trinajstić information content (AvgIpc) is 2.76. The molecule has 0 fully saturated rings. The number of aliphatic hydroxyl groups is 2. The van der Waals surface area contributed by atoms with Crippen LogP contribution in [0.15, 0.2) is 30.5 Å². The molecule has 1 heterocycles. The molecule has 0 aliphatic rings. The number of rotatable bonds is 4. The monoisotopic (exact) mass is 277 g/mol. The molecule has 1 aromatic carbocycles. The number of hydrogen-bond donors (Lipinski definition) is 4. The Labute approximate surface area is 117 Å². The largest absolute Gasteiger partial charge is 0.394 e. The van der Waals surface area contributed by atoms with Crippen molar-refractivity contribution in [2.45, 2.75) is 12.5 Å². The number of anilines is 1. The molecule has 20 heavy (non-hydrogen) atoms. The van der Waals surface area contributed by atoms with Gasteiger partial charge in [0.2, 0.25) is 0 Å². The summed E-state index contributed by atoms with van der Waals surface area (Å²) in [6.45, 7) is 0.884. The van der Waals surface area contributed by atoms with E-state index >= 15 is 0 Å². The maximum atomic E-state index is 11.9. The second-order valence-corrected chi connectivity index (χ2v) is 5.13. The Kier molecular flexibility index (Phi) is 3.96. The first kappa shape index (κ1) is 14.4. The van der Waals surface area contributed by atoms with Crippen LogP contribution in [0.5, 0.6) is 0 Å². The van der Waals surface area contributed by atoms with Gasteiger partial charge in [0.05, 0.1) is 24.4 Å². The van der Waals surface area contributed by atoms with Crippen LogP contribution in [0.3, 0.4) is 0 Å². The highest BCUT2D eigenvalue weighted by atomic mass is 16.3. The molecule has 6 nitrogen and oxygen atoms in total. The number of aromatic nitrogens is 1. The molecule has 0 aliphatic heterocycles. The van der Waals surface area contributed by atoms with Gasteiger partial charge in [-0.15, -0.1) is 0 Å². The number of amides is 2. The highest BCUT2D eigenvalue weighted by Crippen LogP contribution is 2.24. The van der Waals surface area contributed by atoms with E-state index in [1.807, 2.05) is 42.1 Å². The van der Waals surface area contributed by atoms with E-state index < -0.39 is 11.6 Å². The molecule has 0 saturated heterocycles. The van der Waals surface area contributed by atoms with Gasteiger partial charge in [0.15, 0.2) is 0 Å². The van der Waals surface area contributed by atoms with Crippen LogP contribution in [0, 0.1) is 0 Å². The van der Waals surface area contributed by atoms with Crippen LogP contribution >= 0.6 is 0 Å². The van der Waals surface area contributed by atoms with Gasteiger partial charge in [0.1, 0.15) is 0 Å². The molecule has 0 saturated carbocycles. The van der Waals surface area contributed by atoms with Crippen LogP contribution in [0.1, 0.15) is 6.92 Å². The Morgan fingerprint density at radius 1 is 1.30 bits per heavy atom. The zero-order valence-corrected chi connectivity index (χ0v) is 11.6. The zero-order valence-electron chi connectivity index (χ0n) is 11.6. The van der Waals surface area contributed by atoms with Crippen molar-refractivity contribution in [3.8, 4) is 0 Å². The Morgan fingerprint density at radius 2 is 1.95 bits per heavy atom. The van der Waals surface area contributed by atoms with Crippen LogP contribution in [-0.4, -0.2) is 39.6 Å². The zero-order chi connectivity index (χ0) is 14.8. The third kappa shape index (κ3) is 2.76. The van der Waals surface area contributed by atoms with Gasteiger partial charge in [-0.3, -0.25) is 0 Å². The predicted octanol–water partition coefficient (Wildman–Crippen LogP) is 1.04. The molecule has 0 unspecified atom stereocenters. The quantitative estimate of drug-likeness (QED) is 0.673. The molecular formula is C14H19N3O3. The van der Waals surface area contributed by atoms with Crippen molar-refractivity contribution in [2.24, 2.45) is 7.05 Å². The number of urea groups is 1. The van der Waals surface area contributed by atoms with Crippen molar-refractivity contribution in [1.29, 1.82) is 0 Å². The first-order chi connectivity index (χ1) is 9.49. The number of para-hydroxylation sites is 1. The Morgan fingerprint density at radius 3 is 2.60 bits per heavy atom. The number of fused-ring (bicyclic) bond motifs is 1. The van der Waals surface area contributed by atoms with Gasteiger partial charge < -0.3 is 25.4 Å². The summed E-state index contributed by atoms with van der Waals surface area (Å²) in [5, 5.41) is 24.6. The highest BCUT2D eigenvalue weighted by molar-refractivity contribution is 6.01. The summed E-state index contributed by atoms with van der Waals surface area (Å²) in [4.78, 5) is 11.9. The lowest BCUT2D eigenvalue weighted by atomic mass is 10.1. The molecule has 4 N–H and O–H groups in total. The summed E-state index contributed by atoms with van der Waals surface area (Å²) >= 11 is 0. The lowest BCUT2D eigenvalue weighted by molar-refractivity contribution is 0.111. The molecule has 0 spiro atoms. The van der Waals surface area contributed by atoms with Crippen molar-refractivity contribution in [3.05, 3.63) is 30.5 Å². The summed E-state index contributed by atoms with van der Waals surface area (Å²) < 4.78 is 1.92. The highest BCUT2D eigenvalue weighted by Gasteiger charge is 2.24. The number of benzene rings is 1. The van der Waals surface area contributed by atoms with Gasteiger partial charge >= 0.3 is 6.03 Å². The topological polar surface area (TPSA) is 86.5 Å². The molecular weight excluding hydrogens is 258 g/mol. The van der Waals surface area contributed by atoms with E-state index in [4.69, 9.17) is 10.2 Å². The molecule has 0 bridgehead atoms. The van der Waals surface area contributed by atoms with Gasteiger partial charge in [0, 0.05) is 24.1 Å². The first-order valence-corrected chi connectivity index (χ1v) is 6.34. The average molecular weight is 277 g/mol. The Hall–Kier alpha value is -2.05. The summed E-state index contributed by atoms with van der Waals surface area (Å²) in [7, 11) is 1.90. The molecule has 1 aromatic heterocycles. The van der Waals surface area contributed by atoms with Crippen LogP contribution in [-0.2, 0) is 7.05 Å². The maximum absolute atomic E-state index is 11.9. The number of aryl methyl sites for hydroxylation is 1. The number of carbonyl (C=O) groups excluding carboxylic acids is 1. The van der Waals surface area contributed by atoms with Crippen molar-refractivity contribution >= 4 is 22.6 Å². The number of hydrogen-bond acceptors (Lipinski definition) is 3. The number of nitrogens with one attached hydrogen (secondary N) is 2. The summed E-state index contributed by atoms with van der Waals surface area (Å²) in [5.41, 5.74) is 0.642. The molecule has 0 radical (unpaired) electrons. The Bertz CT molecular complexity index is 617. The van der Waals surface area contributed by atoms with Crippen molar-refractivity contribution < 1.29 is 15.0 Å². The van der Waals surface area contributed by atoms with Gasteiger partial charge in [-0.1, -0.05) is 18.2 Å². The fourth-order valence-electron chi connectivity index (χ4n) is 2.00. The molecule has 0 atom stereocenters. The van der Waals surface area contributed by atoms with Crippen molar-refractivity contribution in [3.63, 3.8) is 0 Å². The van der Waals surface area contributed by atoms with E-state index in [0.717, 1.165) is 10.9 Å². The van der Waals surface area contributed by atoms with Crippen LogP contribution in [0.25, 0.3) is 10.9 Å². The second-order valence-electron chi connectivity index (χ2n) is 5.13. The fourth-order valence-corrected chi connectivity index (χ4v) is 2.00. The number of nitrogens with zero attached hydrogens (tertiary/aromatic N) is 1. The standard InChI is InChI=1S/C14H19N3O3/c1-14(8-18,9-19)16-13(20)15-11-7-17(2)12-6-4-3-5-10(11)12/h3-7,18-19H,8-9H2,1-2H3,(H2,15,16,20).